The Morgan fingerprint density at radius 3 is 2.89 bits per heavy atom. The molecule has 9 nitrogen and oxygen atoms in total. The highest BCUT2D eigenvalue weighted by atomic mass is 32.2. The van der Waals surface area contributed by atoms with Crippen molar-refractivity contribution in [3.63, 3.8) is 0 Å². The van der Waals surface area contributed by atoms with Crippen molar-refractivity contribution >= 4 is 16.0 Å². The van der Waals surface area contributed by atoms with E-state index in [2.05, 4.69) is 24.4 Å². The molecule has 3 N–H and O–H groups in total. The summed E-state index contributed by atoms with van der Waals surface area (Å²) in [6.45, 7) is -0.146. The highest BCUT2D eigenvalue weighted by molar-refractivity contribution is 7.89. The highest BCUT2D eigenvalue weighted by Crippen LogP contribution is 2.10. The first-order valence-electron chi connectivity index (χ1n) is 4.65. The van der Waals surface area contributed by atoms with E-state index in [1.165, 1.54) is 0 Å². The molecule has 18 heavy (non-hydrogen) atoms. The van der Waals surface area contributed by atoms with Gasteiger partial charge in [0.1, 0.15) is 10.6 Å². The Morgan fingerprint density at radius 2 is 2.33 bits per heavy atom. The zero-order chi connectivity index (χ0) is 13.2. The normalized spacial score (nSPS) is 11.6. The summed E-state index contributed by atoms with van der Waals surface area (Å²) in [5.41, 5.74) is -0.213. The molecule has 10 heteroatoms. The first kappa shape index (κ1) is 12.3. The number of aromatic nitrogens is 3. The van der Waals surface area contributed by atoms with E-state index in [4.69, 9.17) is 5.11 Å². The number of aromatic amines is 1. The van der Waals surface area contributed by atoms with Gasteiger partial charge in [0.25, 0.3) is 0 Å². The maximum Gasteiger partial charge on any atom is 0.352 e. The van der Waals surface area contributed by atoms with E-state index in [9.17, 15) is 13.2 Å². The summed E-state index contributed by atoms with van der Waals surface area (Å²) < 4.78 is 30.2. The number of sulfonamides is 1. The molecule has 0 saturated carbocycles. The minimum absolute atomic E-state index is 0.146. The van der Waals surface area contributed by atoms with Crippen molar-refractivity contribution in [3.8, 4) is 0 Å². The lowest BCUT2D eigenvalue weighted by Crippen LogP contribution is -2.23. The van der Waals surface area contributed by atoms with Crippen LogP contribution in [0.3, 0.4) is 0 Å². The minimum atomic E-state index is -3.82. The van der Waals surface area contributed by atoms with E-state index >= 15 is 0 Å². The van der Waals surface area contributed by atoms with Crippen molar-refractivity contribution in [3.05, 3.63) is 30.2 Å². The van der Waals surface area contributed by atoms with Crippen LogP contribution in [0.15, 0.2) is 28.1 Å². The zero-order valence-electron chi connectivity index (χ0n) is 8.82. The molecule has 2 aromatic heterocycles. The van der Waals surface area contributed by atoms with Gasteiger partial charge in [0.2, 0.25) is 16.4 Å². The summed E-state index contributed by atoms with van der Waals surface area (Å²) in [5.74, 6) is -1.07. The Morgan fingerprint density at radius 1 is 1.56 bits per heavy atom. The number of hydrogen-bond donors (Lipinski definition) is 3. The maximum absolute atomic E-state index is 11.8. The van der Waals surface area contributed by atoms with Crippen molar-refractivity contribution in [1.29, 1.82) is 0 Å². The largest absolute Gasteiger partial charge is 0.477 e. The van der Waals surface area contributed by atoms with Gasteiger partial charge < -0.3 is 14.6 Å². The Hall–Kier alpha value is -2.20. The van der Waals surface area contributed by atoms with Gasteiger partial charge in [-0.1, -0.05) is 5.16 Å². The lowest BCUT2D eigenvalue weighted by Gasteiger charge is -2.00. The summed E-state index contributed by atoms with van der Waals surface area (Å²) in [7, 11) is -3.82. The van der Waals surface area contributed by atoms with Crippen molar-refractivity contribution < 1.29 is 22.8 Å². The van der Waals surface area contributed by atoms with Crippen LogP contribution in [0.1, 0.15) is 16.3 Å². The summed E-state index contributed by atoms with van der Waals surface area (Å²) in [6, 6.07) is 1.01. The molecule has 0 fully saturated rings. The topological polar surface area (TPSA) is 138 Å². The minimum Gasteiger partial charge on any atom is -0.477 e. The van der Waals surface area contributed by atoms with Crippen LogP contribution in [0.5, 0.6) is 0 Å². The molecule has 96 valence electrons. The van der Waals surface area contributed by atoms with Crippen LogP contribution in [-0.2, 0) is 16.6 Å². The fourth-order valence-electron chi connectivity index (χ4n) is 1.17. The molecule has 0 atom stereocenters. The molecule has 0 aliphatic heterocycles. The molecule has 0 amide bonds. The standard InChI is InChI=1S/C8H8N4O5S/c13-8(14)6-1-5(2-9-6)18(15,16)11-3-7-10-4-17-12-7/h1-2,4,9,11H,3H2,(H,13,14). The van der Waals surface area contributed by atoms with E-state index in [0.717, 1.165) is 18.7 Å². The monoisotopic (exact) mass is 272 g/mol. The predicted octanol–water partition coefficient (Wildman–Crippen LogP) is -0.426. The molecule has 0 aliphatic carbocycles. The number of hydrogen-bond acceptors (Lipinski definition) is 6. The molecule has 0 saturated heterocycles. The number of carbonyl (C=O) groups is 1. The molecule has 0 unspecified atom stereocenters. The van der Waals surface area contributed by atoms with Crippen LogP contribution in [-0.4, -0.2) is 34.6 Å². The summed E-state index contributed by atoms with van der Waals surface area (Å²) in [4.78, 5) is 16.4. The van der Waals surface area contributed by atoms with Gasteiger partial charge in [-0.25, -0.2) is 17.9 Å². The van der Waals surface area contributed by atoms with Crippen molar-refractivity contribution in [1.82, 2.24) is 19.8 Å². The van der Waals surface area contributed by atoms with E-state index in [1.807, 2.05) is 0 Å². The van der Waals surface area contributed by atoms with Crippen LogP contribution < -0.4 is 4.72 Å². The van der Waals surface area contributed by atoms with Gasteiger partial charge in [-0.15, -0.1) is 0 Å². The van der Waals surface area contributed by atoms with Gasteiger partial charge in [-0.3, -0.25) is 0 Å². The summed E-state index contributed by atoms with van der Waals surface area (Å²) >= 11 is 0. The molecule has 0 radical (unpaired) electrons. The molecule has 0 bridgehead atoms. The van der Waals surface area contributed by atoms with Gasteiger partial charge in [0.05, 0.1) is 6.54 Å². The lowest BCUT2D eigenvalue weighted by atomic mass is 10.4. The van der Waals surface area contributed by atoms with Crippen LogP contribution in [0.2, 0.25) is 0 Å². The van der Waals surface area contributed by atoms with E-state index < -0.39 is 16.0 Å². The van der Waals surface area contributed by atoms with Gasteiger partial charge in [-0.05, 0) is 6.07 Å². The molecular weight excluding hydrogens is 264 g/mol. The molecule has 0 aromatic carbocycles. The van der Waals surface area contributed by atoms with Gasteiger partial charge in [-0.2, -0.15) is 4.98 Å². The Bertz CT molecular complexity index is 645. The zero-order valence-corrected chi connectivity index (χ0v) is 9.64. The van der Waals surface area contributed by atoms with Crippen LogP contribution >= 0.6 is 0 Å². The number of carboxylic acids is 1. The SMILES string of the molecule is O=C(O)c1cc(S(=O)(=O)NCc2ncon2)c[nH]1. The lowest BCUT2D eigenvalue weighted by molar-refractivity contribution is 0.0691. The average Bonchev–Trinajstić information content (AvgIpc) is 2.98. The third-order valence-corrected chi connectivity index (χ3v) is 3.41. The smallest absolute Gasteiger partial charge is 0.352 e. The first-order chi connectivity index (χ1) is 8.49. The summed E-state index contributed by atoms with van der Waals surface area (Å²) in [6.07, 6.45) is 2.16. The molecule has 2 rings (SSSR count). The van der Waals surface area contributed by atoms with Crippen molar-refractivity contribution in [2.75, 3.05) is 0 Å². The number of carboxylic acid groups (broad SMARTS) is 1. The van der Waals surface area contributed by atoms with E-state index in [1.54, 1.807) is 0 Å². The highest BCUT2D eigenvalue weighted by Gasteiger charge is 2.18. The number of aromatic carboxylic acids is 1. The van der Waals surface area contributed by atoms with E-state index in [0.29, 0.717) is 0 Å². The van der Waals surface area contributed by atoms with Crippen molar-refractivity contribution in [2.24, 2.45) is 0 Å². The number of H-pyrrole nitrogens is 1. The van der Waals surface area contributed by atoms with Gasteiger partial charge in [0.15, 0.2) is 5.82 Å². The quantitative estimate of drug-likeness (QED) is 0.671. The predicted molar refractivity (Wildman–Crippen MR) is 56.1 cm³/mol. The first-order valence-corrected chi connectivity index (χ1v) is 6.14. The second-order valence-corrected chi connectivity index (χ2v) is 4.99. The van der Waals surface area contributed by atoms with Gasteiger partial charge in [0, 0.05) is 6.20 Å². The van der Waals surface area contributed by atoms with E-state index in [-0.39, 0.29) is 23.0 Å². The maximum atomic E-state index is 11.8. The molecule has 2 aromatic rings. The van der Waals surface area contributed by atoms with Crippen LogP contribution in [0, 0.1) is 0 Å². The number of nitrogens with one attached hydrogen (secondary N) is 2. The Balaban J connectivity index is 2.12. The molecule has 2 heterocycles. The fraction of sp³-hybridized carbons (Fsp3) is 0.125. The Labute approximate surface area is 101 Å². The number of rotatable bonds is 5. The van der Waals surface area contributed by atoms with Gasteiger partial charge >= 0.3 is 5.97 Å². The summed E-state index contributed by atoms with van der Waals surface area (Å²) in [5, 5.41) is 12.1. The fourth-order valence-corrected chi connectivity index (χ4v) is 2.14. The average molecular weight is 272 g/mol. The molecule has 0 aliphatic rings. The number of nitrogens with zero attached hydrogens (tertiary/aromatic N) is 2. The second-order valence-electron chi connectivity index (χ2n) is 3.23. The third-order valence-electron chi connectivity index (χ3n) is 2.02. The molecule has 0 spiro atoms. The second kappa shape index (κ2) is 4.58. The van der Waals surface area contributed by atoms with Crippen LogP contribution in [0.25, 0.3) is 0 Å². The third kappa shape index (κ3) is 2.55. The molecular formula is C8H8N4O5S. The van der Waals surface area contributed by atoms with Crippen LogP contribution in [0.4, 0.5) is 0 Å². The Kier molecular flexibility index (Phi) is 3.12. The van der Waals surface area contributed by atoms with Crippen molar-refractivity contribution in [2.45, 2.75) is 11.4 Å².